The third kappa shape index (κ3) is 3.44. The number of amidine groups is 1. The quantitative estimate of drug-likeness (QED) is 0.878. The standard InChI is InChI=1S/C15H22N2OS/c1-4-15(5-2)11-19-14(17-15)16-12-7-9-13(10-8-12)18-6-3/h7-10H,4-6,11H2,1-3H3,(H,16,17). The molecule has 0 amide bonds. The summed E-state index contributed by atoms with van der Waals surface area (Å²) in [6, 6.07) is 8.04. The van der Waals surface area contributed by atoms with E-state index in [1.165, 1.54) is 0 Å². The first kappa shape index (κ1) is 14.3. The SMILES string of the molecule is CCOc1ccc(NC2=NC(CC)(CC)CS2)cc1. The van der Waals surface area contributed by atoms with Crippen molar-refractivity contribution in [3.63, 3.8) is 0 Å². The molecule has 1 aromatic carbocycles. The van der Waals surface area contributed by atoms with E-state index in [1.54, 1.807) is 0 Å². The molecule has 0 atom stereocenters. The normalized spacial score (nSPS) is 17.1. The molecule has 104 valence electrons. The zero-order valence-electron chi connectivity index (χ0n) is 11.9. The molecule has 0 spiro atoms. The molecule has 0 saturated carbocycles. The van der Waals surface area contributed by atoms with Gasteiger partial charge in [-0.05, 0) is 44.0 Å². The van der Waals surface area contributed by atoms with Crippen LogP contribution in [0, 0.1) is 0 Å². The highest BCUT2D eigenvalue weighted by atomic mass is 32.2. The first-order valence-electron chi connectivity index (χ1n) is 6.94. The van der Waals surface area contributed by atoms with E-state index in [-0.39, 0.29) is 5.54 Å². The number of benzene rings is 1. The molecule has 0 radical (unpaired) electrons. The molecule has 3 nitrogen and oxygen atoms in total. The summed E-state index contributed by atoms with van der Waals surface area (Å²) in [7, 11) is 0. The predicted molar refractivity (Wildman–Crippen MR) is 84.4 cm³/mol. The molecule has 0 saturated heterocycles. The van der Waals surface area contributed by atoms with Crippen molar-refractivity contribution in [3.8, 4) is 5.75 Å². The number of aliphatic imine (C=N–C) groups is 1. The van der Waals surface area contributed by atoms with E-state index in [1.807, 2.05) is 43.0 Å². The van der Waals surface area contributed by atoms with E-state index in [2.05, 4.69) is 19.2 Å². The van der Waals surface area contributed by atoms with Crippen LogP contribution in [0.5, 0.6) is 5.75 Å². The van der Waals surface area contributed by atoms with Crippen LogP contribution in [-0.2, 0) is 0 Å². The number of hydrogen-bond acceptors (Lipinski definition) is 4. The average Bonchev–Trinajstić information content (AvgIpc) is 2.85. The fourth-order valence-electron chi connectivity index (χ4n) is 2.08. The molecule has 0 aliphatic carbocycles. The Morgan fingerprint density at radius 2 is 1.89 bits per heavy atom. The molecule has 0 fully saturated rings. The number of hydrogen-bond donors (Lipinski definition) is 1. The van der Waals surface area contributed by atoms with Gasteiger partial charge in [0.05, 0.1) is 12.1 Å². The van der Waals surface area contributed by atoms with E-state index in [9.17, 15) is 0 Å². The lowest BCUT2D eigenvalue weighted by Gasteiger charge is -2.20. The van der Waals surface area contributed by atoms with Gasteiger partial charge in [-0.15, -0.1) is 0 Å². The third-order valence-corrected chi connectivity index (χ3v) is 4.70. The Bertz CT molecular complexity index is 438. The maximum Gasteiger partial charge on any atom is 0.161 e. The van der Waals surface area contributed by atoms with E-state index in [0.29, 0.717) is 6.61 Å². The maximum absolute atomic E-state index is 5.44. The van der Waals surface area contributed by atoms with Crippen LogP contribution in [0.2, 0.25) is 0 Å². The summed E-state index contributed by atoms with van der Waals surface area (Å²) in [5, 5.41) is 4.43. The monoisotopic (exact) mass is 278 g/mol. The number of nitrogens with one attached hydrogen (secondary N) is 1. The molecule has 0 aromatic heterocycles. The van der Waals surface area contributed by atoms with Gasteiger partial charge in [-0.1, -0.05) is 25.6 Å². The zero-order valence-corrected chi connectivity index (χ0v) is 12.7. The lowest BCUT2D eigenvalue weighted by Crippen LogP contribution is -2.24. The summed E-state index contributed by atoms with van der Waals surface area (Å²) < 4.78 is 5.44. The van der Waals surface area contributed by atoms with Crippen LogP contribution in [0.1, 0.15) is 33.6 Å². The minimum absolute atomic E-state index is 0.137. The number of thioether (sulfide) groups is 1. The molecular weight excluding hydrogens is 256 g/mol. The predicted octanol–water partition coefficient (Wildman–Crippen LogP) is 4.16. The molecule has 1 aliphatic heterocycles. The van der Waals surface area contributed by atoms with Crippen LogP contribution in [0.3, 0.4) is 0 Å². The minimum Gasteiger partial charge on any atom is -0.494 e. The van der Waals surface area contributed by atoms with Crippen LogP contribution in [-0.4, -0.2) is 23.1 Å². The van der Waals surface area contributed by atoms with Crippen molar-refractivity contribution in [2.75, 3.05) is 17.7 Å². The second-order valence-electron chi connectivity index (χ2n) is 4.72. The molecular formula is C15H22N2OS. The number of anilines is 1. The van der Waals surface area contributed by atoms with E-state index >= 15 is 0 Å². The van der Waals surface area contributed by atoms with Crippen molar-refractivity contribution in [3.05, 3.63) is 24.3 Å². The van der Waals surface area contributed by atoms with Gasteiger partial charge in [0.2, 0.25) is 0 Å². The molecule has 2 rings (SSSR count). The second-order valence-corrected chi connectivity index (χ2v) is 5.68. The van der Waals surface area contributed by atoms with Crippen molar-refractivity contribution < 1.29 is 4.74 Å². The Morgan fingerprint density at radius 3 is 2.42 bits per heavy atom. The number of ether oxygens (including phenoxy) is 1. The Labute approximate surface area is 119 Å². The lowest BCUT2D eigenvalue weighted by atomic mass is 9.97. The van der Waals surface area contributed by atoms with Gasteiger partial charge in [0.25, 0.3) is 0 Å². The molecule has 1 aromatic rings. The van der Waals surface area contributed by atoms with Crippen LogP contribution >= 0.6 is 11.8 Å². The van der Waals surface area contributed by atoms with Crippen molar-refractivity contribution in [1.29, 1.82) is 0 Å². The van der Waals surface area contributed by atoms with Crippen molar-refractivity contribution >= 4 is 22.6 Å². The highest BCUT2D eigenvalue weighted by Crippen LogP contribution is 2.33. The van der Waals surface area contributed by atoms with Gasteiger partial charge < -0.3 is 10.1 Å². The molecule has 4 heteroatoms. The first-order chi connectivity index (χ1) is 9.21. The minimum atomic E-state index is 0.137. The second kappa shape index (κ2) is 6.33. The molecule has 19 heavy (non-hydrogen) atoms. The van der Waals surface area contributed by atoms with Gasteiger partial charge >= 0.3 is 0 Å². The van der Waals surface area contributed by atoms with E-state index in [4.69, 9.17) is 9.73 Å². The molecule has 1 aliphatic rings. The molecule has 0 bridgehead atoms. The first-order valence-corrected chi connectivity index (χ1v) is 7.92. The van der Waals surface area contributed by atoms with Crippen molar-refractivity contribution in [2.45, 2.75) is 39.2 Å². The maximum atomic E-state index is 5.44. The van der Waals surface area contributed by atoms with Crippen LogP contribution < -0.4 is 10.1 Å². The van der Waals surface area contributed by atoms with Gasteiger partial charge in [0.15, 0.2) is 5.17 Å². The third-order valence-electron chi connectivity index (χ3n) is 3.55. The van der Waals surface area contributed by atoms with Gasteiger partial charge in [-0.2, -0.15) is 0 Å². The number of rotatable bonds is 5. The van der Waals surface area contributed by atoms with Gasteiger partial charge in [-0.3, -0.25) is 4.99 Å². The van der Waals surface area contributed by atoms with Gasteiger partial charge in [-0.25, -0.2) is 0 Å². The Kier molecular flexibility index (Phi) is 4.75. The van der Waals surface area contributed by atoms with E-state index < -0.39 is 0 Å². The smallest absolute Gasteiger partial charge is 0.161 e. The summed E-state index contributed by atoms with van der Waals surface area (Å²) >= 11 is 1.82. The van der Waals surface area contributed by atoms with Crippen LogP contribution in [0.4, 0.5) is 5.69 Å². The lowest BCUT2D eigenvalue weighted by molar-refractivity contribution is 0.340. The highest BCUT2D eigenvalue weighted by Gasteiger charge is 2.31. The summed E-state index contributed by atoms with van der Waals surface area (Å²) in [5.41, 5.74) is 1.20. The molecule has 1 heterocycles. The summed E-state index contributed by atoms with van der Waals surface area (Å²) in [6.07, 6.45) is 2.20. The fourth-order valence-corrected chi connectivity index (χ4v) is 3.41. The van der Waals surface area contributed by atoms with Gasteiger partial charge in [0.1, 0.15) is 5.75 Å². The molecule has 1 N–H and O–H groups in total. The van der Waals surface area contributed by atoms with Crippen LogP contribution in [0.15, 0.2) is 29.3 Å². The van der Waals surface area contributed by atoms with Gasteiger partial charge in [0, 0.05) is 11.4 Å². The van der Waals surface area contributed by atoms with Crippen molar-refractivity contribution in [1.82, 2.24) is 0 Å². The average molecular weight is 278 g/mol. The molecule has 0 unspecified atom stereocenters. The fraction of sp³-hybridized carbons (Fsp3) is 0.533. The van der Waals surface area contributed by atoms with E-state index in [0.717, 1.165) is 35.2 Å². The number of nitrogens with zero attached hydrogens (tertiary/aromatic N) is 1. The van der Waals surface area contributed by atoms with Crippen molar-refractivity contribution in [2.24, 2.45) is 4.99 Å². The summed E-state index contributed by atoms with van der Waals surface area (Å²) in [5.74, 6) is 1.99. The topological polar surface area (TPSA) is 33.6 Å². The largest absolute Gasteiger partial charge is 0.494 e. The van der Waals surface area contributed by atoms with Crippen LogP contribution in [0.25, 0.3) is 0 Å². The highest BCUT2D eigenvalue weighted by molar-refractivity contribution is 8.14. The zero-order chi connectivity index (χ0) is 13.7. The summed E-state index contributed by atoms with van der Waals surface area (Å²) in [6.45, 7) is 7.12. The summed E-state index contributed by atoms with van der Waals surface area (Å²) in [4.78, 5) is 4.85. The Morgan fingerprint density at radius 1 is 1.21 bits per heavy atom. The Balaban J connectivity index is 2.02. The Hall–Kier alpha value is -1.16.